The van der Waals surface area contributed by atoms with Crippen molar-refractivity contribution in [3.8, 4) is 5.75 Å². The van der Waals surface area contributed by atoms with Crippen molar-refractivity contribution in [2.24, 2.45) is 0 Å². The highest BCUT2D eigenvalue weighted by atomic mass is 35.5. The summed E-state index contributed by atoms with van der Waals surface area (Å²) < 4.78 is 5.88. The first-order chi connectivity index (χ1) is 16.6. The van der Waals surface area contributed by atoms with Crippen LogP contribution < -0.4 is 4.74 Å². The second-order valence-electron chi connectivity index (χ2n) is 7.84. The van der Waals surface area contributed by atoms with Gasteiger partial charge in [0, 0.05) is 37.0 Å². The first kappa shape index (κ1) is 23.8. The van der Waals surface area contributed by atoms with Crippen LogP contribution in [0.1, 0.15) is 27.2 Å². The zero-order valence-corrected chi connectivity index (χ0v) is 20.0. The molecule has 0 saturated heterocycles. The molecule has 6 heteroatoms. The lowest BCUT2D eigenvalue weighted by Gasteiger charge is -2.23. The van der Waals surface area contributed by atoms with E-state index in [0.717, 1.165) is 22.6 Å². The number of halogens is 2. The molecule has 0 aliphatic heterocycles. The smallest absolute Gasteiger partial charge is 0.254 e. The average molecular weight is 491 g/mol. The maximum absolute atomic E-state index is 13.3. The predicted octanol–water partition coefficient (Wildman–Crippen LogP) is 6.85. The number of aromatic nitrogens is 1. The van der Waals surface area contributed by atoms with E-state index in [1.807, 2.05) is 72.8 Å². The van der Waals surface area contributed by atoms with Crippen molar-refractivity contribution in [2.45, 2.75) is 19.6 Å². The Morgan fingerprint density at radius 3 is 2.29 bits per heavy atom. The predicted molar refractivity (Wildman–Crippen MR) is 136 cm³/mol. The Balaban J connectivity index is 1.46. The summed E-state index contributed by atoms with van der Waals surface area (Å²) in [6, 6.07) is 28.6. The summed E-state index contributed by atoms with van der Waals surface area (Å²) in [4.78, 5) is 19.5. The van der Waals surface area contributed by atoms with Crippen molar-refractivity contribution < 1.29 is 9.53 Å². The Kier molecular flexibility index (Phi) is 8.18. The zero-order valence-electron chi connectivity index (χ0n) is 18.5. The molecule has 4 rings (SSSR count). The molecule has 0 bridgehead atoms. The minimum Gasteiger partial charge on any atom is -0.489 e. The van der Waals surface area contributed by atoms with Crippen LogP contribution in [0.2, 0.25) is 10.0 Å². The molecule has 0 atom stereocenters. The van der Waals surface area contributed by atoms with Gasteiger partial charge in [-0.25, -0.2) is 0 Å². The Labute approximate surface area is 209 Å². The summed E-state index contributed by atoms with van der Waals surface area (Å²) in [7, 11) is 0. The Bertz CT molecular complexity index is 1220. The van der Waals surface area contributed by atoms with E-state index in [1.165, 1.54) is 0 Å². The number of nitrogens with zero attached hydrogens (tertiary/aromatic N) is 2. The molecule has 0 aliphatic carbocycles. The van der Waals surface area contributed by atoms with Crippen LogP contribution in [0.4, 0.5) is 0 Å². The number of hydrogen-bond acceptors (Lipinski definition) is 3. The number of benzene rings is 3. The fourth-order valence-electron chi connectivity index (χ4n) is 3.51. The molecule has 0 fully saturated rings. The SMILES string of the molecule is O=C(c1ccc(Cl)c(Cl)c1)N(CCc1ccccn1)Cc1ccc(OCc2ccccc2)cc1. The van der Waals surface area contributed by atoms with E-state index in [1.54, 1.807) is 29.3 Å². The van der Waals surface area contributed by atoms with Gasteiger partial charge in [-0.3, -0.25) is 9.78 Å². The highest BCUT2D eigenvalue weighted by Gasteiger charge is 2.18. The maximum Gasteiger partial charge on any atom is 0.254 e. The largest absolute Gasteiger partial charge is 0.489 e. The number of amides is 1. The molecule has 0 N–H and O–H groups in total. The number of hydrogen-bond donors (Lipinski definition) is 0. The van der Waals surface area contributed by atoms with E-state index in [9.17, 15) is 4.79 Å². The summed E-state index contributed by atoms with van der Waals surface area (Å²) in [5, 5.41) is 0.779. The van der Waals surface area contributed by atoms with Gasteiger partial charge in [0.15, 0.2) is 0 Å². The van der Waals surface area contributed by atoms with Gasteiger partial charge in [-0.1, -0.05) is 71.7 Å². The van der Waals surface area contributed by atoms with Gasteiger partial charge in [-0.15, -0.1) is 0 Å². The molecule has 0 saturated carbocycles. The second kappa shape index (κ2) is 11.7. The van der Waals surface area contributed by atoms with Crippen molar-refractivity contribution in [1.82, 2.24) is 9.88 Å². The van der Waals surface area contributed by atoms with Gasteiger partial charge in [-0.05, 0) is 53.6 Å². The molecule has 172 valence electrons. The zero-order chi connectivity index (χ0) is 23.8. The molecule has 0 radical (unpaired) electrons. The summed E-state index contributed by atoms with van der Waals surface area (Å²) in [5.41, 5.74) is 3.54. The van der Waals surface area contributed by atoms with E-state index in [0.29, 0.717) is 41.7 Å². The molecular formula is C28H24Cl2N2O2. The van der Waals surface area contributed by atoms with E-state index in [4.69, 9.17) is 27.9 Å². The van der Waals surface area contributed by atoms with Crippen LogP contribution in [0.5, 0.6) is 5.75 Å². The monoisotopic (exact) mass is 490 g/mol. The summed E-state index contributed by atoms with van der Waals surface area (Å²) in [6.07, 6.45) is 2.40. The minimum atomic E-state index is -0.112. The van der Waals surface area contributed by atoms with Crippen LogP contribution in [0.3, 0.4) is 0 Å². The van der Waals surface area contributed by atoms with E-state index in [2.05, 4.69) is 4.98 Å². The van der Waals surface area contributed by atoms with Crippen molar-refractivity contribution in [2.75, 3.05) is 6.54 Å². The fraction of sp³-hybridized carbons (Fsp3) is 0.143. The van der Waals surface area contributed by atoms with E-state index < -0.39 is 0 Å². The van der Waals surface area contributed by atoms with Crippen molar-refractivity contribution in [3.63, 3.8) is 0 Å². The molecule has 1 aromatic heterocycles. The molecule has 0 unspecified atom stereocenters. The highest BCUT2D eigenvalue weighted by Crippen LogP contribution is 2.24. The lowest BCUT2D eigenvalue weighted by Crippen LogP contribution is -2.32. The summed E-state index contributed by atoms with van der Waals surface area (Å²) >= 11 is 12.2. The lowest BCUT2D eigenvalue weighted by atomic mass is 10.1. The van der Waals surface area contributed by atoms with Crippen molar-refractivity contribution >= 4 is 29.1 Å². The van der Waals surface area contributed by atoms with Gasteiger partial charge in [0.2, 0.25) is 0 Å². The third-order valence-corrected chi connectivity index (χ3v) is 6.10. The third kappa shape index (κ3) is 6.60. The van der Waals surface area contributed by atoms with E-state index in [-0.39, 0.29) is 5.91 Å². The van der Waals surface area contributed by atoms with Crippen LogP contribution >= 0.6 is 23.2 Å². The van der Waals surface area contributed by atoms with Gasteiger partial charge < -0.3 is 9.64 Å². The van der Waals surface area contributed by atoms with E-state index >= 15 is 0 Å². The number of ether oxygens (including phenoxy) is 1. The Hall–Kier alpha value is -3.34. The van der Waals surface area contributed by atoms with Gasteiger partial charge in [0.05, 0.1) is 10.0 Å². The molecule has 3 aromatic carbocycles. The normalized spacial score (nSPS) is 10.6. The first-order valence-corrected chi connectivity index (χ1v) is 11.7. The minimum absolute atomic E-state index is 0.112. The molecule has 1 heterocycles. The number of rotatable bonds is 9. The molecule has 0 spiro atoms. The molecule has 0 aliphatic rings. The third-order valence-electron chi connectivity index (χ3n) is 5.36. The van der Waals surface area contributed by atoms with Crippen molar-refractivity contribution in [1.29, 1.82) is 0 Å². The summed E-state index contributed by atoms with van der Waals surface area (Å²) in [5.74, 6) is 0.669. The maximum atomic E-state index is 13.3. The van der Waals surface area contributed by atoms with Crippen LogP contribution in [-0.4, -0.2) is 22.3 Å². The Morgan fingerprint density at radius 2 is 1.59 bits per heavy atom. The molecule has 34 heavy (non-hydrogen) atoms. The molecule has 4 aromatic rings. The quantitative estimate of drug-likeness (QED) is 0.257. The van der Waals surface area contributed by atoms with Gasteiger partial charge in [0.25, 0.3) is 5.91 Å². The standard InChI is InChI=1S/C28H24Cl2N2O2/c29-26-14-11-23(18-27(26)30)28(33)32(17-15-24-8-4-5-16-31-24)19-21-9-12-25(13-10-21)34-20-22-6-2-1-3-7-22/h1-14,16,18H,15,17,19-20H2. The van der Waals surface area contributed by atoms with Gasteiger partial charge in [0.1, 0.15) is 12.4 Å². The summed E-state index contributed by atoms with van der Waals surface area (Å²) in [6.45, 7) is 1.47. The number of carbonyl (C=O) groups excluding carboxylic acids is 1. The number of carbonyl (C=O) groups is 1. The molecule has 4 nitrogen and oxygen atoms in total. The van der Waals surface area contributed by atoms with Gasteiger partial charge >= 0.3 is 0 Å². The second-order valence-corrected chi connectivity index (χ2v) is 8.66. The fourth-order valence-corrected chi connectivity index (χ4v) is 3.81. The Morgan fingerprint density at radius 1 is 0.824 bits per heavy atom. The number of pyridine rings is 1. The molecule has 1 amide bonds. The van der Waals surface area contributed by atoms with Crippen molar-refractivity contribution in [3.05, 3.63) is 130 Å². The topological polar surface area (TPSA) is 42.4 Å². The van der Waals surface area contributed by atoms with Gasteiger partial charge in [-0.2, -0.15) is 0 Å². The van der Waals surface area contributed by atoms with Crippen LogP contribution in [0.25, 0.3) is 0 Å². The molecular weight excluding hydrogens is 467 g/mol. The van der Waals surface area contributed by atoms with Crippen LogP contribution in [-0.2, 0) is 19.6 Å². The first-order valence-electron chi connectivity index (χ1n) is 11.0. The highest BCUT2D eigenvalue weighted by molar-refractivity contribution is 6.42. The van der Waals surface area contributed by atoms with Crippen LogP contribution in [0, 0.1) is 0 Å². The average Bonchev–Trinajstić information content (AvgIpc) is 2.88. The van der Waals surface area contributed by atoms with Crippen LogP contribution in [0.15, 0.2) is 97.2 Å². The lowest BCUT2D eigenvalue weighted by molar-refractivity contribution is 0.0744.